The van der Waals surface area contributed by atoms with Crippen LogP contribution in [0.4, 0.5) is 0 Å². The van der Waals surface area contributed by atoms with Crippen LogP contribution in [-0.2, 0) is 6.42 Å². The molecule has 0 saturated heterocycles. The van der Waals surface area contributed by atoms with Gasteiger partial charge in [0, 0.05) is 11.3 Å². The van der Waals surface area contributed by atoms with Crippen LogP contribution in [0.25, 0.3) is 0 Å². The predicted octanol–water partition coefficient (Wildman–Crippen LogP) is 2.50. The van der Waals surface area contributed by atoms with Crippen LogP contribution in [-0.4, -0.2) is 16.2 Å². The normalized spacial score (nSPS) is 13.7. The maximum absolute atomic E-state index is 9.21. The van der Waals surface area contributed by atoms with Gasteiger partial charge in [0.25, 0.3) is 0 Å². The Labute approximate surface area is 83.6 Å². The van der Waals surface area contributed by atoms with Crippen LogP contribution in [0.3, 0.4) is 0 Å². The lowest BCUT2D eigenvalue weighted by atomic mass is 10.1. The molecule has 0 amide bonds. The van der Waals surface area contributed by atoms with Crippen molar-refractivity contribution in [2.75, 3.05) is 0 Å². The summed E-state index contributed by atoms with van der Waals surface area (Å²) in [5.41, 5.74) is 1.18. The lowest BCUT2D eigenvalue weighted by Crippen LogP contribution is -2.03. The Morgan fingerprint density at radius 3 is 2.38 bits per heavy atom. The first kappa shape index (κ1) is 10.7. The second kappa shape index (κ2) is 4.20. The summed E-state index contributed by atoms with van der Waals surface area (Å²) in [6.45, 7) is 8.19. The van der Waals surface area contributed by atoms with E-state index in [1.54, 1.807) is 18.3 Å². The number of rotatable bonds is 3. The number of aliphatic hydroxyl groups excluding tert-OH is 1. The summed E-state index contributed by atoms with van der Waals surface area (Å²) < 4.78 is 0. The average Bonchev–Trinajstić information content (AvgIpc) is 2.29. The number of aliphatic hydroxyl groups is 1. The fourth-order valence-corrected chi connectivity index (χ4v) is 2.55. The first-order chi connectivity index (χ1) is 6.00. The van der Waals surface area contributed by atoms with Crippen LogP contribution in [0.15, 0.2) is 0 Å². The minimum Gasteiger partial charge on any atom is -0.393 e. The topological polar surface area (TPSA) is 33.1 Å². The Balaban J connectivity index is 2.82. The first-order valence-corrected chi connectivity index (χ1v) is 5.46. The van der Waals surface area contributed by atoms with E-state index < -0.39 is 0 Å². The third-order valence-electron chi connectivity index (χ3n) is 1.89. The van der Waals surface area contributed by atoms with Crippen molar-refractivity contribution < 1.29 is 5.11 Å². The molecule has 13 heavy (non-hydrogen) atoms. The summed E-state index contributed by atoms with van der Waals surface area (Å²) in [6, 6.07) is 0. The first-order valence-electron chi connectivity index (χ1n) is 4.65. The molecule has 1 aromatic rings. The van der Waals surface area contributed by atoms with Crippen LogP contribution in [0.5, 0.6) is 0 Å². The predicted molar refractivity (Wildman–Crippen MR) is 56.3 cm³/mol. The molecular formula is C10H17NOS. The van der Waals surface area contributed by atoms with Gasteiger partial charge in [-0.25, -0.2) is 4.98 Å². The van der Waals surface area contributed by atoms with Crippen molar-refractivity contribution in [3.63, 3.8) is 0 Å². The van der Waals surface area contributed by atoms with E-state index in [2.05, 4.69) is 25.8 Å². The number of nitrogens with zero attached hydrogens (tertiary/aromatic N) is 1. The van der Waals surface area contributed by atoms with Gasteiger partial charge in [0.2, 0.25) is 0 Å². The summed E-state index contributed by atoms with van der Waals surface area (Å²) in [5, 5.41) is 10.3. The number of hydrogen-bond acceptors (Lipinski definition) is 3. The average molecular weight is 199 g/mol. The molecule has 1 N–H and O–H groups in total. The molecule has 0 bridgehead atoms. The van der Waals surface area contributed by atoms with Crippen molar-refractivity contribution in [2.45, 2.75) is 46.1 Å². The van der Waals surface area contributed by atoms with E-state index in [1.165, 1.54) is 10.6 Å². The summed E-state index contributed by atoms with van der Waals surface area (Å²) in [7, 11) is 0. The third-order valence-corrected chi connectivity index (χ3v) is 2.90. The fourth-order valence-electron chi connectivity index (χ4n) is 1.34. The van der Waals surface area contributed by atoms with Crippen LogP contribution >= 0.6 is 11.3 Å². The van der Waals surface area contributed by atoms with E-state index in [4.69, 9.17) is 0 Å². The van der Waals surface area contributed by atoms with Crippen LogP contribution in [0, 0.1) is 6.92 Å². The van der Waals surface area contributed by atoms with E-state index in [9.17, 15) is 5.11 Å². The van der Waals surface area contributed by atoms with Crippen LogP contribution in [0.1, 0.15) is 42.3 Å². The molecule has 0 spiro atoms. The molecule has 1 aromatic heterocycles. The number of hydrogen-bond donors (Lipinski definition) is 1. The second-order valence-corrected chi connectivity index (χ2v) is 5.04. The molecule has 0 aliphatic heterocycles. The maximum atomic E-state index is 9.21. The highest BCUT2D eigenvalue weighted by Crippen LogP contribution is 2.24. The van der Waals surface area contributed by atoms with Gasteiger partial charge in [0.05, 0.1) is 16.8 Å². The van der Waals surface area contributed by atoms with Gasteiger partial charge in [0.15, 0.2) is 0 Å². The van der Waals surface area contributed by atoms with Gasteiger partial charge < -0.3 is 5.11 Å². The highest BCUT2D eigenvalue weighted by molar-refractivity contribution is 7.11. The Bertz CT molecular complexity index is 278. The maximum Gasteiger partial charge on any atom is 0.0956 e. The van der Waals surface area contributed by atoms with E-state index in [0.717, 1.165) is 5.01 Å². The fraction of sp³-hybridized carbons (Fsp3) is 0.700. The Hall–Kier alpha value is -0.410. The van der Waals surface area contributed by atoms with Crippen LogP contribution in [0.2, 0.25) is 0 Å². The zero-order valence-electron chi connectivity index (χ0n) is 8.66. The molecule has 0 aliphatic carbocycles. The van der Waals surface area contributed by atoms with Gasteiger partial charge in [-0.3, -0.25) is 0 Å². The molecule has 3 heteroatoms. The lowest BCUT2D eigenvalue weighted by Gasteiger charge is -2.00. The molecule has 2 nitrogen and oxygen atoms in total. The van der Waals surface area contributed by atoms with E-state index in [1.807, 2.05) is 0 Å². The van der Waals surface area contributed by atoms with Gasteiger partial charge in [-0.2, -0.15) is 0 Å². The quantitative estimate of drug-likeness (QED) is 0.811. The molecule has 0 saturated carbocycles. The largest absolute Gasteiger partial charge is 0.393 e. The van der Waals surface area contributed by atoms with Gasteiger partial charge in [-0.05, 0) is 19.8 Å². The van der Waals surface area contributed by atoms with Crippen molar-refractivity contribution in [3.05, 3.63) is 15.6 Å². The van der Waals surface area contributed by atoms with Gasteiger partial charge in [0.1, 0.15) is 0 Å². The van der Waals surface area contributed by atoms with E-state index >= 15 is 0 Å². The molecule has 1 atom stereocenters. The van der Waals surface area contributed by atoms with Crippen LogP contribution < -0.4 is 0 Å². The number of aromatic nitrogens is 1. The van der Waals surface area contributed by atoms with Gasteiger partial charge in [-0.1, -0.05) is 13.8 Å². The molecule has 1 rings (SSSR count). The van der Waals surface area contributed by atoms with Crippen molar-refractivity contribution in [3.8, 4) is 0 Å². The van der Waals surface area contributed by atoms with E-state index in [-0.39, 0.29) is 6.10 Å². The SMILES string of the molecule is Cc1sc(CC(C)O)nc1C(C)C. The molecule has 0 radical (unpaired) electrons. The number of aryl methyl sites for hydroxylation is 1. The van der Waals surface area contributed by atoms with Gasteiger partial charge in [-0.15, -0.1) is 11.3 Å². The van der Waals surface area contributed by atoms with Crippen molar-refractivity contribution in [1.29, 1.82) is 0 Å². The molecule has 1 unspecified atom stereocenters. The zero-order chi connectivity index (χ0) is 10.0. The van der Waals surface area contributed by atoms with Crippen molar-refractivity contribution in [2.24, 2.45) is 0 Å². The lowest BCUT2D eigenvalue weighted by molar-refractivity contribution is 0.195. The Morgan fingerprint density at radius 2 is 2.00 bits per heavy atom. The third kappa shape index (κ3) is 2.78. The Morgan fingerprint density at radius 1 is 1.38 bits per heavy atom. The minimum atomic E-state index is -0.287. The molecule has 74 valence electrons. The second-order valence-electron chi connectivity index (χ2n) is 3.76. The standard InChI is InChI=1S/C10H17NOS/c1-6(2)10-8(4)13-9(11-10)5-7(3)12/h6-7,12H,5H2,1-4H3. The number of thiazole rings is 1. The summed E-state index contributed by atoms with van der Waals surface area (Å²) in [5.74, 6) is 0.485. The molecule has 0 fully saturated rings. The zero-order valence-corrected chi connectivity index (χ0v) is 9.48. The minimum absolute atomic E-state index is 0.287. The van der Waals surface area contributed by atoms with Gasteiger partial charge >= 0.3 is 0 Å². The highest BCUT2D eigenvalue weighted by atomic mass is 32.1. The summed E-state index contributed by atoms with van der Waals surface area (Å²) in [6.07, 6.45) is 0.392. The smallest absolute Gasteiger partial charge is 0.0956 e. The van der Waals surface area contributed by atoms with Crippen molar-refractivity contribution >= 4 is 11.3 Å². The Kier molecular flexibility index (Phi) is 3.45. The summed E-state index contributed by atoms with van der Waals surface area (Å²) in [4.78, 5) is 5.79. The molecule has 1 heterocycles. The monoisotopic (exact) mass is 199 g/mol. The molecule has 0 aliphatic rings. The molecule has 0 aromatic carbocycles. The van der Waals surface area contributed by atoms with E-state index in [0.29, 0.717) is 12.3 Å². The summed E-state index contributed by atoms with van der Waals surface area (Å²) >= 11 is 1.70. The molecular weight excluding hydrogens is 182 g/mol. The highest BCUT2D eigenvalue weighted by Gasteiger charge is 2.11. The van der Waals surface area contributed by atoms with Crippen molar-refractivity contribution in [1.82, 2.24) is 4.98 Å².